The first kappa shape index (κ1) is 16.7. The van der Waals surface area contributed by atoms with Gasteiger partial charge in [0.05, 0.1) is 6.21 Å². The lowest BCUT2D eigenvalue weighted by Gasteiger charge is -1.99. The quantitative estimate of drug-likeness (QED) is 0.359. The van der Waals surface area contributed by atoms with Gasteiger partial charge in [-0.3, -0.25) is 0 Å². The highest BCUT2D eigenvalue weighted by Gasteiger charge is 2.03. The number of aromatic amines is 1. The first-order valence-corrected chi connectivity index (χ1v) is 9.12. The lowest BCUT2D eigenvalue weighted by atomic mass is 10.2. The van der Waals surface area contributed by atoms with Crippen LogP contribution in [-0.4, -0.2) is 21.4 Å². The van der Waals surface area contributed by atoms with E-state index in [4.69, 9.17) is 0 Å². The van der Waals surface area contributed by atoms with Crippen molar-refractivity contribution in [1.82, 2.24) is 15.2 Å². The summed E-state index contributed by atoms with van der Waals surface area (Å²) in [4.78, 5) is 4.36. The molecule has 0 unspecified atom stereocenters. The summed E-state index contributed by atoms with van der Waals surface area (Å²) in [5, 5.41) is 11.9. The lowest BCUT2D eigenvalue weighted by Crippen LogP contribution is -1.92. The molecule has 0 aliphatic rings. The first-order valence-electron chi connectivity index (χ1n) is 7.34. The van der Waals surface area contributed by atoms with Gasteiger partial charge in [0.2, 0.25) is 11.1 Å². The molecule has 24 heavy (non-hydrogen) atoms. The smallest absolute Gasteiger partial charge is 0.240 e. The maximum atomic E-state index is 4.36. The van der Waals surface area contributed by atoms with Gasteiger partial charge in [0.1, 0.15) is 0 Å². The second-order valence-electron chi connectivity index (χ2n) is 5.17. The van der Waals surface area contributed by atoms with Gasteiger partial charge in [-0.1, -0.05) is 69.7 Å². The first-order chi connectivity index (χ1) is 11.7. The van der Waals surface area contributed by atoms with Gasteiger partial charge in [-0.25, -0.2) is 10.5 Å². The third-order valence-electron chi connectivity index (χ3n) is 3.15. The molecule has 122 valence electrons. The molecule has 0 atom stereocenters. The Labute approximate surface area is 153 Å². The number of H-pyrrole nitrogens is 1. The average Bonchev–Trinajstić information content (AvgIpc) is 3.01. The zero-order chi connectivity index (χ0) is 16.8. The van der Waals surface area contributed by atoms with Crippen LogP contribution in [0.5, 0.6) is 0 Å². The van der Waals surface area contributed by atoms with Gasteiger partial charge in [0, 0.05) is 10.2 Å². The SMILES string of the molecule is Cc1cccc(CSc2n[nH]c(N/N=C\c3cccc(Br)c3)n2)c1. The number of thioether (sulfide) groups is 1. The van der Waals surface area contributed by atoms with E-state index >= 15 is 0 Å². The third kappa shape index (κ3) is 4.94. The number of halogens is 1. The van der Waals surface area contributed by atoms with Crippen molar-refractivity contribution >= 4 is 39.9 Å². The van der Waals surface area contributed by atoms with Crippen molar-refractivity contribution in [3.63, 3.8) is 0 Å². The van der Waals surface area contributed by atoms with Crippen LogP contribution >= 0.6 is 27.7 Å². The number of benzene rings is 2. The Kier molecular flexibility index (Phi) is 5.66. The van der Waals surface area contributed by atoms with Crippen LogP contribution in [-0.2, 0) is 5.75 Å². The van der Waals surface area contributed by atoms with Crippen molar-refractivity contribution in [2.45, 2.75) is 17.8 Å². The molecule has 1 heterocycles. The van der Waals surface area contributed by atoms with E-state index in [0.717, 1.165) is 15.8 Å². The Morgan fingerprint density at radius 3 is 2.96 bits per heavy atom. The molecule has 0 saturated carbocycles. The summed E-state index contributed by atoms with van der Waals surface area (Å²) in [6.45, 7) is 2.09. The normalized spacial score (nSPS) is 11.1. The number of aromatic nitrogens is 3. The second kappa shape index (κ2) is 8.12. The average molecular weight is 402 g/mol. The summed E-state index contributed by atoms with van der Waals surface area (Å²) in [5.41, 5.74) is 6.36. The molecule has 1 aromatic heterocycles. The van der Waals surface area contributed by atoms with Crippen LogP contribution in [0, 0.1) is 6.92 Å². The van der Waals surface area contributed by atoms with Crippen LogP contribution in [0.25, 0.3) is 0 Å². The molecule has 0 spiro atoms. The fraction of sp³-hybridized carbons (Fsp3) is 0.118. The highest BCUT2D eigenvalue weighted by Crippen LogP contribution is 2.20. The number of hydrazone groups is 1. The maximum absolute atomic E-state index is 4.36. The Hall–Kier alpha value is -2.12. The van der Waals surface area contributed by atoms with Gasteiger partial charge in [-0.2, -0.15) is 10.1 Å². The molecular formula is C17H16BrN5S. The van der Waals surface area contributed by atoms with Crippen LogP contribution in [0.15, 0.2) is 63.3 Å². The number of hydrogen-bond donors (Lipinski definition) is 2. The monoisotopic (exact) mass is 401 g/mol. The number of nitrogens with one attached hydrogen (secondary N) is 2. The molecule has 0 aliphatic carbocycles. The van der Waals surface area contributed by atoms with Gasteiger partial charge < -0.3 is 0 Å². The van der Waals surface area contributed by atoms with E-state index in [2.05, 4.69) is 72.8 Å². The van der Waals surface area contributed by atoms with Crippen LogP contribution < -0.4 is 5.43 Å². The van der Waals surface area contributed by atoms with Crippen molar-refractivity contribution in [3.8, 4) is 0 Å². The Morgan fingerprint density at radius 2 is 2.12 bits per heavy atom. The zero-order valence-corrected chi connectivity index (χ0v) is 15.4. The Balaban J connectivity index is 1.53. The summed E-state index contributed by atoms with van der Waals surface area (Å²) in [6.07, 6.45) is 1.73. The summed E-state index contributed by atoms with van der Waals surface area (Å²) >= 11 is 5.01. The molecule has 0 bridgehead atoms. The predicted octanol–water partition coefficient (Wildman–Crippen LogP) is 4.61. The standard InChI is InChI=1S/C17H16BrN5S/c1-12-4-2-6-14(8-12)11-24-17-20-16(22-23-17)21-19-10-13-5-3-7-15(18)9-13/h2-10H,11H2,1H3,(H2,20,21,22,23)/b19-10-. The van der Waals surface area contributed by atoms with Gasteiger partial charge in [0.15, 0.2) is 0 Å². The predicted molar refractivity (Wildman–Crippen MR) is 102 cm³/mol. The van der Waals surface area contributed by atoms with Crippen LogP contribution in [0.1, 0.15) is 16.7 Å². The Morgan fingerprint density at radius 1 is 1.25 bits per heavy atom. The topological polar surface area (TPSA) is 66.0 Å². The molecule has 2 aromatic carbocycles. The van der Waals surface area contributed by atoms with E-state index in [1.165, 1.54) is 11.1 Å². The zero-order valence-electron chi connectivity index (χ0n) is 13.0. The summed E-state index contributed by atoms with van der Waals surface area (Å²) in [5.74, 6) is 1.35. The minimum Gasteiger partial charge on any atom is -0.246 e. The molecule has 0 radical (unpaired) electrons. The molecule has 0 aliphatic heterocycles. The maximum Gasteiger partial charge on any atom is 0.240 e. The second-order valence-corrected chi connectivity index (χ2v) is 7.03. The van der Waals surface area contributed by atoms with Gasteiger partial charge >= 0.3 is 0 Å². The summed E-state index contributed by atoms with van der Waals surface area (Å²) < 4.78 is 1.01. The van der Waals surface area contributed by atoms with Crippen molar-refractivity contribution in [2.24, 2.45) is 5.10 Å². The summed E-state index contributed by atoms with van der Waals surface area (Å²) in [7, 11) is 0. The fourth-order valence-corrected chi connectivity index (χ4v) is 3.22. The fourth-order valence-electron chi connectivity index (χ4n) is 2.07. The lowest BCUT2D eigenvalue weighted by molar-refractivity contribution is 0.972. The van der Waals surface area contributed by atoms with E-state index in [1.54, 1.807) is 18.0 Å². The van der Waals surface area contributed by atoms with Gasteiger partial charge in [-0.05, 0) is 30.2 Å². The molecule has 0 saturated heterocycles. The van der Waals surface area contributed by atoms with Crippen molar-refractivity contribution in [1.29, 1.82) is 0 Å². The largest absolute Gasteiger partial charge is 0.246 e. The molecule has 0 amide bonds. The van der Waals surface area contributed by atoms with Crippen LogP contribution in [0.4, 0.5) is 5.95 Å². The van der Waals surface area contributed by atoms with Crippen molar-refractivity contribution in [2.75, 3.05) is 5.43 Å². The molecule has 7 heteroatoms. The van der Waals surface area contributed by atoms with Crippen molar-refractivity contribution in [3.05, 3.63) is 69.7 Å². The van der Waals surface area contributed by atoms with E-state index < -0.39 is 0 Å². The van der Waals surface area contributed by atoms with E-state index in [-0.39, 0.29) is 0 Å². The van der Waals surface area contributed by atoms with E-state index in [1.807, 2.05) is 24.3 Å². The highest BCUT2D eigenvalue weighted by atomic mass is 79.9. The minimum absolute atomic E-state index is 0.521. The molecule has 5 nitrogen and oxygen atoms in total. The van der Waals surface area contributed by atoms with E-state index in [9.17, 15) is 0 Å². The summed E-state index contributed by atoms with van der Waals surface area (Å²) in [6, 6.07) is 16.3. The molecular weight excluding hydrogens is 386 g/mol. The number of hydrogen-bond acceptors (Lipinski definition) is 5. The molecule has 0 fully saturated rings. The Bertz CT molecular complexity index is 846. The number of nitrogens with zero attached hydrogens (tertiary/aromatic N) is 3. The van der Waals surface area contributed by atoms with Gasteiger partial charge in [-0.15, -0.1) is 5.10 Å². The van der Waals surface area contributed by atoms with Crippen LogP contribution in [0.3, 0.4) is 0 Å². The molecule has 2 N–H and O–H groups in total. The number of aryl methyl sites for hydroxylation is 1. The van der Waals surface area contributed by atoms with Gasteiger partial charge in [0.25, 0.3) is 0 Å². The molecule has 3 aromatic rings. The minimum atomic E-state index is 0.521. The highest BCUT2D eigenvalue weighted by molar-refractivity contribution is 9.10. The van der Waals surface area contributed by atoms with Crippen molar-refractivity contribution < 1.29 is 0 Å². The third-order valence-corrected chi connectivity index (χ3v) is 4.56. The van der Waals surface area contributed by atoms with E-state index in [0.29, 0.717) is 11.1 Å². The number of anilines is 1. The molecule has 3 rings (SSSR count). The van der Waals surface area contributed by atoms with Crippen LogP contribution in [0.2, 0.25) is 0 Å². The number of rotatable bonds is 6.